The third-order valence-corrected chi connectivity index (χ3v) is 9.83. The molecule has 54 heavy (non-hydrogen) atoms. The van der Waals surface area contributed by atoms with Crippen molar-refractivity contribution >= 4 is 49.8 Å². The number of benzene rings is 9. The molecular formula is C52H35NO. The summed E-state index contributed by atoms with van der Waals surface area (Å²) in [5.41, 5.74) is 5.57. The summed E-state index contributed by atoms with van der Waals surface area (Å²) in [7, 11) is 0. The summed E-state index contributed by atoms with van der Waals surface area (Å²) < 4.78 is 82.3. The summed E-state index contributed by atoms with van der Waals surface area (Å²) in [4.78, 5) is 1.33. The van der Waals surface area contributed by atoms with Gasteiger partial charge in [0.1, 0.15) is 11.2 Å². The van der Waals surface area contributed by atoms with E-state index in [0.29, 0.717) is 28.0 Å². The lowest BCUT2D eigenvalue weighted by molar-refractivity contribution is 0.670. The molecule has 0 spiro atoms. The Labute approximate surface area is 326 Å². The fourth-order valence-corrected chi connectivity index (χ4v) is 7.18. The predicted molar refractivity (Wildman–Crippen MR) is 228 cm³/mol. The second-order valence-electron chi connectivity index (χ2n) is 13.1. The maximum absolute atomic E-state index is 9.56. The number of rotatable bonds is 7. The number of hydrogen-bond donors (Lipinski definition) is 0. The summed E-state index contributed by atoms with van der Waals surface area (Å²) in [5, 5.41) is 3.73. The molecule has 0 radical (unpaired) electrons. The molecular weight excluding hydrogens is 655 g/mol. The van der Waals surface area contributed by atoms with Crippen molar-refractivity contribution < 1.29 is 15.4 Å². The standard InChI is InChI=1S/C52H35NO/c1-2-11-36(12-3-1)37-23-29-43(30-24-37)53(45-33-27-40(28-34-45)48-20-10-21-50-49-18-6-7-22-51(49)54-52(48)50)44-31-25-38(26-32-44)41-15-8-16-42(35-41)47-19-9-14-39-13-4-5-17-46(39)47/h1-35H/i25D,26D,27D,28D,31D,32D,33D,34D. The molecule has 1 heterocycles. The maximum Gasteiger partial charge on any atom is 0.143 e. The lowest BCUT2D eigenvalue weighted by Gasteiger charge is -2.26. The maximum atomic E-state index is 9.56. The zero-order valence-corrected chi connectivity index (χ0v) is 28.9. The molecule has 10 aromatic rings. The number of fused-ring (bicyclic) bond motifs is 4. The molecule has 10 rings (SSSR count). The number of hydrogen-bond acceptors (Lipinski definition) is 2. The minimum Gasteiger partial charge on any atom is -0.455 e. The van der Waals surface area contributed by atoms with Crippen LogP contribution in [0.15, 0.2) is 217 Å². The van der Waals surface area contributed by atoms with Gasteiger partial charge in [-0.05, 0) is 98.2 Å². The van der Waals surface area contributed by atoms with Gasteiger partial charge in [-0.1, -0.05) is 164 Å². The Morgan fingerprint density at radius 3 is 1.70 bits per heavy atom. The third kappa shape index (κ3) is 5.71. The Morgan fingerprint density at radius 1 is 0.352 bits per heavy atom. The van der Waals surface area contributed by atoms with Crippen LogP contribution in [0.3, 0.4) is 0 Å². The van der Waals surface area contributed by atoms with Crippen LogP contribution in [0.5, 0.6) is 0 Å². The van der Waals surface area contributed by atoms with E-state index >= 15 is 0 Å². The van der Waals surface area contributed by atoms with E-state index in [9.17, 15) is 11.0 Å². The molecule has 9 aromatic carbocycles. The first-order valence-electron chi connectivity index (χ1n) is 21.8. The summed E-state index contributed by atoms with van der Waals surface area (Å²) in [6.45, 7) is 0. The van der Waals surface area contributed by atoms with Gasteiger partial charge in [-0.15, -0.1) is 0 Å². The van der Waals surface area contributed by atoms with E-state index in [2.05, 4.69) is 0 Å². The third-order valence-electron chi connectivity index (χ3n) is 9.83. The highest BCUT2D eigenvalue weighted by Gasteiger charge is 2.16. The Kier molecular flexibility index (Phi) is 6.01. The summed E-state index contributed by atoms with van der Waals surface area (Å²) in [6.07, 6.45) is 0. The monoisotopic (exact) mass is 697 g/mol. The van der Waals surface area contributed by atoms with Crippen molar-refractivity contribution in [3.63, 3.8) is 0 Å². The van der Waals surface area contributed by atoms with Crippen LogP contribution in [-0.4, -0.2) is 0 Å². The molecule has 0 N–H and O–H groups in total. The highest BCUT2D eigenvalue weighted by atomic mass is 16.3. The van der Waals surface area contributed by atoms with Crippen LogP contribution in [0.25, 0.3) is 77.2 Å². The van der Waals surface area contributed by atoms with Crippen molar-refractivity contribution in [2.24, 2.45) is 0 Å². The first kappa shape index (κ1) is 24.2. The molecule has 0 aliphatic carbocycles. The smallest absolute Gasteiger partial charge is 0.143 e. The van der Waals surface area contributed by atoms with Crippen molar-refractivity contribution in [3.05, 3.63) is 212 Å². The molecule has 0 fully saturated rings. The molecule has 0 unspecified atom stereocenters. The number of nitrogens with zero attached hydrogens (tertiary/aromatic N) is 1. The van der Waals surface area contributed by atoms with Crippen LogP contribution in [0.1, 0.15) is 11.0 Å². The largest absolute Gasteiger partial charge is 0.455 e. The van der Waals surface area contributed by atoms with Crippen molar-refractivity contribution in [3.8, 4) is 44.5 Å². The van der Waals surface area contributed by atoms with E-state index in [1.165, 1.54) is 4.90 Å². The van der Waals surface area contributed by atoms with Gasteiger partial charge in [-0.25, -0.2) is 0 Å². The first-order chi connectivity index (χ1) is 30.1. The van der Waals surface area contributed by atoms with E-state index in [0.717, 1.165) is 43.8 Å². The van der Waals surface area contributed by atoms with Crippen LogP contribution in [0.4, 0.5) is 17.1 Å². The van der Waals surface area contributed by atoms with Crippen LogP contribution in [-0.2, 0) is 0 Å². The van der Waals surface area contributed by atoms with Gasteiger partial charge in [-0.3, -0.25) is 0 Å². The average molecular weight is 698 g/mol. The minimum absolute atomic E-state index is 0.0359. The van der Waals surface area contributed by atoms with Crippen molar-refractivity contribution in [1.82, 2.24) is 0 Å². The van der Waals surface area contributed by atoms with Gasteiger partial charge in [0.2, 0.25) is 0 Å². The molecule has 0 saturated heterocycles. The quantitative estimate of drug-likeness (QED) is 0.165. The van der Waals surface area contributed by atoms with Gasteiger partial charge in [0, 0.05) is 33.4 Å². The van der Waals surface area contributed by atoms with Gasteiger partial charge in [0.25, 0.3) is 0 Å². The van der Waals surface area contributed by atoms with Gasteiger partial charge < -0.3 is 9.32 Å². The number of furan rings is 1. The van der Waals surface area contributed by atoms with Crippen molar-refractivity contribution in [1.29, 1.82) is 0 Å². The second-order valence-corrected chi connectivity index (χ2v) is 13.1. The summed E-state index contributed by atoms with van der Waals surface area (Å²) >= 11 is 0. The highest BCUT2D eigenvalue weighted by molar-refractivity contribution is 6.09. The second kappa shape index (κ2) is 13.4. The Hall–Kier alpha value is -7.16. The predicted octanol–water partition coefficient (Wildman–Crippen LogP) is 14.9. The van der Waals surface area contributed by atoms with E-state index in [-0.39, 0.29) is 46.7 Å². The first-order valence-corrected chi connectivity index (χ1v) is 17.8. The lowest BCUT2D eigenvalue weighted by atomic mass is 9.95. The Morgan fingerprint density at radius 2 is 0.907 bits per heavy atom. The molecule has 0 bridgehead atoms. The van der Waals surface area contributed by atoms with Crippen LogP contribution in [0.2, 0.25) is 0 Å². The minimum atomic E-state index is -0.426. The molecule has 0 amide bonds. The zero-order valence-electron chi connectivity index (χ0n) is 36.9. The van der Waals surface area contributed by atoms with E-state index in [1.807, 2.05) is 133 Å². The van der Waals surface area contributed by atoms with Gasteiger partial charge in [-0.2, -0.15) is 0 Å². The van der Waals surface area contributed by atoms with Gasteiger partial charge >= 0.3 is 0 Å². The summed E-state index contributed by atoms with van der Waals surface area (Å²) in [5.74, 6) is 0. The number of para-hydroxylation sites is 2. The molecule has 0 aliphatic heterocycles. The fourth-order valence-electron chi connectivity index (χ4n) is 7.18. The molecule has 254 valence electrons. The van der Waals surface area contributed by atoms with Crippen molar-refractivity contribution in [2.45, 2.75) is 0 Å². The van der Waals surface area contributed by atoms with Crippen LogP contribution < -0.4 is 4.90 Å². The van der Waals surface area contributed by atoms with Gasteiger partial charge in [0.15, 0.2) is 0 Å². The van der Waals surface area contributed by atoms with Crippen LogP contribution in [0, 0.1) is 0 Å². The van der Waals surface area contributed by atoms with Crippen LogP contribution >= 0.6 is 0 Å². The van der Waals surface area contributed by atoms with E-state index < -0.39 is 24.2 Å². The molecule has 0 aliphatic rings. The van der Waals surface area contributed by atoms with E-state index in [4.69, 9.17) is 4.42 Å². The lowest BCUT2D eigenvalue weighted by Crippen LogP contribution is -2.09. The fraction of sp³-hybridized carbons (Fsp3) is 0. The number of anilines is 3. The molecule has 0 saturated carbocycles. The Balaban J connectivity index is 1.18. The van der Waals surface area contributed by atoms with E-state index in [1.54, 1.807) is 30.3 Å². The Bertz CT molecular complexity index is 3340. The zero-order chi connectivity index (χ0) is 42.8. The molecule has 2 heteroatoms. The SMILES string of the molecule is [2H]c1c([2H])c(N(c2ccc(-c3ccccc3)cc2)c2c([2H])c([2H])c(-c3cccc4c3oc3ccccc34)c([2H])c2[2H])c([2H])c([2H])c1-c1cccc(-c2cccc3ccccc23)c1. The topological polar surface area (TPSA) is 16.4 Å². The molecule has 1 aromatic heterocycles. The normalized spacial score (nSPS) is 13.4. The molecule has 0 atom stereocenters. The molecule has 2 nitrogen and oxygen atoms in total. The van der Waals surface area contributed by atoms with Crippen molar-refractivity contribution in [2.75, 3.05) is 4.90 Å². The summed E-state index contributed by atoms with van der Waals surface area (Å²) in [6, 6.07) is 48.3. The highest BCUT2D eigenvalue weighted by Crippen LogP contribution is 2.40. The average Bonchev–Trinajstić information content (AvgIpc) is 3.70. The van der Waals surface area contributed by atoms with Gasteiger partial charge in [0.05, 0.1) is 11.0 Å².